The van der Waals surface area contributed by atoms with Gasteiger partial charge in [0.05, 0.1) is 13.5 Å². The van der Waals surface area contributed by atoms with Crippen LogP contribution in [0.25, 0.3) is 10.9 Å². The van der Waals surface area contributed by atoms with E-state index in [9.17, 15) is 4.79 Å². The lowest BCUT2D eigenvalue weighted by molar-refractivity contribution is -0.120. The third-order valence-corrected chi connectivity index (χ3v) is 3.52. The summed E-state index contributed by atoms with van der Waals surface area (Å²) in [5.41, 5.74) is 3.13. The number of hydrogen-bond donors (Lipinski definition) is 2. The zero-order chi connectivity index (χ0) is 14.5. The average Bonchev–Trinajstić information content (AvgIpc) is 2.75. The lowest BCUT2D eigenvalue weighted by Gasteiger charge is -2.05. The van der Waals surface area contributed by atoms with Gasteiger partial charge in [0.1, 0.15) is 5.75 Å². The first-order valence-corrected chi connectivity index (χ1v) is 7.07. The summed E-state index contributed by atoms with van der Waals surface area (Å²) in [5, 5.41) is 4.02. The smallest absolute Gasteiger partial charge is 0.224 e. The van der Waals surface area contributed by atoms with Gasteiger partial charge in [-0.25, -0.2) is 0 Å². The molecule has 0 bridgehead atoms. The second-order valence-electron chi connectivity index (χ2n) is 5.02. The molecule has 2 N–H and O–H groups in total. The number of aromatic amines is 1. The Bertz CT molecular complexity index is 602. The summed E-state index contributed by atoms with van der Waals surface area (Å²) in [6, 6.07) is 5.89. The molecule has 0 aliphatic carbocycles. The van der Waals surface area contributed by atoms with Gasteiger partial charge >= 0.3 is 0 Å². The number of benzene rings is 1. The minimum absolute atomic E-state index is 0.0743. The standard InChI is InChI=1S/C16H22N2O2/c1-4-5-8-17-16(19)10-13-11(2)18-15-7-6-12(20-3)9-14(13)15/h6-7,9,18H,4-5,8,10H2,1-3H3,(H,17,19). The van der Waals surface area contributed by atoms with Crippen molar-refractivity contribution in [3.05, 3.63) is 29.5 Å². The highest BCUT2D eigenvalue weighted by Gasteiger charge is 2.12. The van der Waals surface area contributed by atoms with E-state index in [0.29, 0.717) is 6.42 Å². The van der Waals surface area contributed by atoms with Crippen molar-refractivity contribution < 1.29 is 9.53 Å². The second-order valence-corrected chi connectivity index (χ2v) is 5.02. The summed E-state index contributed by atoms with van der Waals surface area (Å²) in [7, 11) is 1.65. The molecule has 0 saturated heterocycles. The lowest BCUT2D eigenvalue weighted by atomic mass is 10.1. The van der Waals surface area contributed by atoms with Crippen LogP contribution in [0.15, 0.2) is 18.2 Å². The number of methoxy groups -OCH3 is 1. The predicted molar refractivity (Wildman–Crippen MR) is 81.2 cm³/mol. The van der Waals surface area contributed by atoms with E-state index in [2.05, 4.69) is 17.2 Å². The molecule has 1 aromatic carbocycles. The Balaban J connectivity index is 2.20. The minimum atomic E-state index is 0.0743. The van der Waals surface area contributed by atoms with Gasteiger partial charge in [0.2, 0.25) is 5.91 Å². The zero-order valence-electron chi connectivity index (χ0n) is 12.4. The number of fused-ring (bicyclic) bond motifs is 1. The van der Waals surface area contributed by atoms with E-state index in [-0.39, 0.29) is 5.91 Å². The molecule has 0 unspecified atom stereocenters. The Kier molecular flexibility index (Phi) is 4.66. The van der Waals surface area contributed by atoms with Crippen LogP contribution in [0.5, 0.6) is 5.75 Å². The third-order valence-electron chi connectivity index (χ3n) is 3.52. The Morgan fingerprint density at radius 2 is 2.20 bits per heavy atom. The molecular formula is C16H22N2O2. The number of amides is 1. The fraction of sp³-hybridized carbons (Fsp3) is 0.438. The van der Waals surface area contributed by atoms with E-state index in [1.165, 1.54) is 0 Å². The van der Waals surface area contributed by atoms with E-state index in [1.807, 2.05) is 25.1 Å². The molecule has 2 aromatic rings. The molecule has 1 aromatic heterocycles. The van der Waals surface area contributed by atoms with Crippen LogP contribution >= 0.6 is 0 Å². The summed E-state index contributed by atoms with van der Waals surface area (Å²) < 4.78 is 5.26. The summed E-state index contributed by atoms with van der Waals surface area (Å²) in [6.45, 7) is 4.86. The number of nitrogens with one attached hydrogen (secondary N) is 2. The monoisotopic (exact) mass is 274 g/mol. The van der Waals surface area contributed by atoms with Gasteiger partial charge in [-0.05, 0) is 37.1 Å². The highest BCUT2D eigenvalue weighted by molar-refractivity contribution is 5.90. The lowest BCUT2D eigenvalue weighted by Crippen LogP contribution is -2.26. The first-order chi connectivity index (χ1) is 9.65. The minimum Gasteiger partial charge on any atom is -0.497 e. The molecule has 1 heterocycles. The molecule has 0 saturated carbocycles. The normalized spacial score (nSPS) is 10.8. The molecule has 0 aliphatic heterocycles. The highest BCUT2D eigenvalue weighted by Crippen LogP contribution is 2.26. The number of aryl methyl sites for hydroxylation is 1. The number of rotatable bonds is 6. The Labute approximate surface area is 119 Å². The molecule has 0 radical (unpaired) electrons. The summed E-state index contributed by atoms with van der Waals surface area (Å²) in [4.78, 5) is 15.3. The maximum absolute atomic E-state index is 12.0. The first-order valence-electron chi connectivity index (χ1n) is 7.07. The molecule has 0 aliphatic rings. The first kappa shape index (κ1) is 14.4. The summed E-state index contributed by atoms with van der Waals surface area (Å²) >= 11 is 0. The van der Waals surface area contributed by atoms with E-state index in [1.54, 1.807) is 7.11 Å². The van der Waals surface area contributed by atoms with Gasteiger partial charge in [0.15, 0.2) is 0 Å². The second kappa shape index (κ2) is 6.46. The van der Waals surface area contributed by atoms with Crippen molar-refractivity contribution in [3.63, 3.8) is 0 Å². The predicted octanol–water partition coefficient (Wildman–Crippen LogP) is 2.94. The maximum Gasteiger partial charge on any atom is 0.224 e. The number of aromatic nitrogens is 1. The molecule has 0 spiro atoms. The average molecular weight is 274 g/mol. The van der Waals surface area contributed by atoms with Crippen molar-refractivity contribution >= 4 is 16.8 Å². The van der Waals surface area contributed by atoms with Gasteiger partial charge in [-0.2, -0.15) is 0 Å². The number of carbonyl (C=O) groups is 1. The van der Waals surface area contributed by atoms with Crippen molar-refractivity contribution in [3.8, 4) is 5.75 Å². The molecule has 1 amide bonds. The maximum atomic E-state index is 12.0. The molecule has 2 rings (SSSR count). The van der Waals surface area contributed by atoms with Crippen LogP contribution in [0.2, 0.25) is 0 Å². The quantitative estimate of drug-likeness (QED) is 0.796. The number of carbonyl (C=O) groups excluding carboxylic acids is 1. The number of unbranched alkanes of at least 4 members (excludes halogenated alkanes) is 1. The van der Waals surface area contributed by atoms with Gasteiger partial charge in [-0.3, -0.25) is 4.79 Å². The molecule has 20 heavy (non-hydrogen) atoms. The van der Waals surface area contributed by atoms with Crippen molar-refractivity contribution in [1.82, 2.24) is 10.3 Å². The molecule has 4 heteroatoms. The molecule has 0 atom stereocenters. The molecule has 0 fully saturated rings. The van der Waals surface area contributed by atoms with Gasteiger partial charge in [0, 0.05) is 23.1 Å². The van der Waals surface area contributed by atoms with Crippen LogP contribution in [0.3, 0.4) is 0 Å². The Morgan fingerprint density at radius 1 is 1.40 bits per heavy atom. The van der Waals surface area contributed by atoms with Gasteiger partial charge in [0.25, 0.3) is 0 Å². The van der Waals surface area contributed by atoms with Crippen LogP contribution in [0.1, 0.15) is 31.0 Å². The van der Waals surface area contributed by atoms with E-state index < -0.39 is 0 Å². The van der Waals surface area contributed by atoms with Gasteiger partial charge < -0.3 is 15.0 Å². The van der Waals surface area contributed by atoms with Crippen LogP contribution in [-0.4, -0.2) is 24.5 Å². The number of ether oxygens (including phenoxy) is 1. The Hall–Kier alpha value is -1.97. The SMILES string of the molecule is CCCCNC(=O)Cc1c(C)[nH]c2ccc(OC)cc12. The summed E-state index contributed by atoms with van der Waals surface area (Å²) in [5.74, 6) is 0.884. The van der Waals surface area contributed by atoms with Crippen LogP contribution in [-0.2, 0) is 11.2 Å². The van der Waals surface area contributed by atoms with Crippen LogP contribution in [0.4, 0.5) is 0 Å². The third kappa shape index (κ3) is 3.13. The van der Waals surface area contributed by atoms with Crippen molar-refractivity contribution in [2.24, 2.45) is 0 Å². The zero-order valence-corrected chi connectivity index (χ0v) is 12.4. The fourth-order valence-corrected chi connectivity index (χ4v) is 2.34. The van der Waals surface area contributed by atoms with E-state index in [4.69, 9.17) is 4.74 Å². The summed E-state index contributed by atoms with van der Waals surface area (Å²) in [6.07, 6.45) is 2.51. The number of H-pyrrole nitrogens is 1. The Morgan fingerprint density at radius 3 is 2.90 bits per heavy atom. The topological polar surface area (TPSA) is 54.1 Å². The van der Waals surface area contributed by atoms with E-state index in [0.717, 1.165) is 47.3 Å². The molecule has 108 valence electrons. The molecule has 4 nitrogen and oxygen atoms in total. The van der Waals surface area contributed by atoms with Crippen LogP contribution in [0, 0.1) is 6.92 Å². The van der Waals surface area contributed by atoms with Crippen molar-refractivity contribution in [1.29, 1.82) is 0 Å². The van der Waals surface area contributed by atoms with Crippen molar-refractivity contribution in [2.45, 2.75) is 33.1 Å². The fourth-order valence-electron chi connectivity index (χ4n) is 2.34. The van der Waals surface area contributed by atoms with Crippen molar-refractivity contribution in [2.75, 3.05) is 13.7 Å². The van der Waals surface area contributed by atoms with Gasteiger partial charge in [-0.15, -0.1) is 0 Å². The molecular weight excluding hydrogens is 252 g/mol. The largest absolute Gasteiger partial charge is 0.497 e. The van der Waals surface area contributed by atoms with Gasteiger partial charge in [-0.1, -0.05) is 13.3 Å². The number of hydrogen-bond acceptors (Lipinski definition) is 2. The highest BCUT2D eigenvalue weighted by atomic mass is 16.5. The van der Waals surface area contributed by atoms with E-state index >= 15 is 0 Å². The van der Waals surface area contributed by atoms with Crippen LogP contribution < -0.4 is 10.1 Å².